The molecule has 3 N–H and O–H groups in total. The summed E-state index contributed by atoms with van der Waals surface area (Å²) in [6, 6.07) is 1.80. The van der Waals surface area contributed by atoms with Crippen molar-refractivity contribution in [1.82, 2.24) is 20.8 Å². The third-order valence-electron chi connectivity index (χ3n) is 2.92. The molecule has 0 fully saturated rings. The number of H-pyrrole nitrogens is 1. The van der Waals surface area contributed by atoms with Crippen LogP contribution in [-0.2, 0) is 16.8 Å². The molecule has 1 aliphatic rings. The van der Waals surface area contributed by atoms with E-state index < -0.39 is 0 Å². The van der Waals surface area contributed by atoms with Crippen LogP contribution in [0.3, 0.4) is 0 Å². The van der Waals surface area contributed by atoms with Crippen molar-refractivity contribution in [3.63, 3.8) is 0 Å². The third kappa shape index (κ3) is 4.08. The lowest BCUT2D eigenvalue weighted by atomic mass is 9.92. The lowest BCUT2D eigenvalue weighted by Gasteiger charge is -2.13. The summed E-state index contributed by atoms with van der Waals surface area (Å²) in [6.45, 7) is 7.57. The normalized spacial score (nSPS) is 18.2. The van der Waals surface area contributed by atoms with Crippen LogP contribution in [0.25, 0.3) is 0 Å². The standard InChI is InChI=1S/C13H20N4O.ClH/c1-13(2,3)11-7-9(16-17-11)8-15-12(18)10-5-4-6-14-10;/h4-5,7,10,14H,6,8H2,1-3H3,(H,15,18)(H,16,17);1H. The lowest BCUT2D eigenvalue weighted by Crippen LogP contribution is -2.40. The molecule has 0 aromatic carbocycles. The fourth-order valence-electron chi connectivity index (χ4n) is 1.78. The van der Waals surface area contributed by atoms with Gasteiger partial charge in [-0.15, -0.1) is 12.4 Å². The summed E-state index contributed by atoms with van der Waals surface area (Å²) in [4.78, 5) is 11.8. The van der Waals surface area contributed by atoms with Crippen molar-refractivity contribution in [2.75, 3.05) is 6.54 Å². The van der Waals surface area contributed by atoms with Gasteiger partial charge in [0.15, 0.2) is 0 Å². The highest BCUT2D eigenvalue weighted by Gasteiger charge is 2.19. The summed E-state index contributed by atoms with van der Waals surface area (Å²) in [5.74, 6) is -0.00402. The quantitative estimate of drug-likeness (QED) is 0.732. The van der Waals surface area contributed by atoms with Crippen molar-refractivity contribution in [2.45, 2.75) is 38.8 Å². The van der Waals surface area contributed by atoms with Crippen molar-refractivity contribution in [3.8, 4) is 0 Å². The Hall–Kier alpha value is -1.33. The van der Waals surface area contributed by atoms with Gasteiger partial charge in [-0.1, -0.05) is 32.9 Å². The zero-order chi connectivity index (χ0) is 13.2. The smallest absolute Gasteiger partial charge is 0.241 e. The summed E-state index contributed by atoms with van der Waals surface area (Å²) in [5.41, 5.74) is 1.95. The number of hydrogen-bond acceptors (Lipinski definition) is 3. The van der Waals surface area contributed by atoms with Crippen molar-refractivity contribution < 1.29 is 4.79 Å². The molecule has 0 radical (unpaired) electrons. The molecule has 5 nitrogen and oxygen atoms in total. The lowest BCUT2D eigenvalue weighted by molar-refractivity contribution is -0.122. The molecule has 19 heavy (non-hydrogen) atoms. The minimum atomic E-state index is -0.199. The van der Waals surface area contributed by atoms with Crippen LogP contribution in [0.15, 0.2) is 18.2 Å². The Kier molecular flexibility index (Phi) is 5.14. The number of halogens is 1. The highest BCUT2D eigenvalue weighted by atomic mass is 35.5. The monoisotopic (exact) mass is 284 g/mol. The van der Waals surface area contributed by atoms with Crippen LogP contribution in [0.4, 0.5) is 0 Å². The SMILES string of the molecule is CC(C)(C)c1cc(CNC(=O)C2C=CCN2)[nH]n1.Cl. The third-order valence-corrected chi connectivity index (χ3v) is 2.92. The van der Waals surface area contributed by atoms with Gasteiger partial charge in [0.2, 0.25) is 5.91 Å². The van der Waals surface area contributed by atoms with Gasteiger partial charge in [0.1, 0.15) is 6.04 Å². The number of nitrogens with one attached hydrogen (secondary N) is 3. The first-order chi connectivity index (χ1) is 8.47. The van der Waals surface area contributed by atoms with E-state index in [4.69, 9.17) is 0 Å². The topological polar surface area (TPSA) is 69.8 Å². The Morgan fingerprint density at radius 1 is 1.53 bits per heavy atom. The molecule has 1 unspecified atom stereocenters. The molecule has 2 heterocycles. The van der Waals surface area contributed by atoms with Crippen molar-refractivity contribution >= 4 is 18.3 Å². The molecule has 0 bridgehead atoms. The van der Waals surface area contributed by atoms with E-state index in [1.165, 1.54) is 0 Å². The van der Waals surface area contributed by atoms with Crippen LogP contribution in [-0.4, -0.2) is 28.7 Å². The van der Waals surface area contributed by atoms with Crippen molar-refractivity contribution in [1.29, 1.82) is 0 Å². The number of amides is 1. The van der Waals surface area contributed by atoms with Gasteiger partial charge in [0, 0.05) is 12.0 Å². The molecule has 0 saturated heterocycles. The number of nitrogens with zero attached hydrogens (tertiary/aromatic N) is 1. The predicted molar refractivity (Wildman–Crippen MR) is 77.3 cm³/mol. The van der Waals surface area contributed by atoms with E-state index in [0.717, 1.165) is 17.9 Å². The molecule has 2 rings (SSSR count). The number of carbonyl (C=O) groups excluding carboxylic acids is 1. The van der Waals surface area contributed by atoms with Crippen LogP contribution >= 0.6 is 12.4 Å². The van der Waals surface area contributed by atoms with E-state index in [1.54, 1.807) is 0 Å². The minimum absolute atomic E-state index is 0. The first kappa shape index (κ1) is 15.7. The highest BCUT2D eigenvalue weighted by Crippen LogP contribution is 2.20. The zero-order valence-corrected chi connectivity index (χ0v) is 12.3. The van der Waals surface area contributed by atoms with E-state index >= 15 is 0 Å². The summed E-state index contributed by atoms with van der Waals surface area (Å²) in [6.07, 6.45) is 3.83. The average molecular weight is 285 g/mol. The van der Waals surface area contributed by atoms with Crippen LogP contribution in [0.2, 0.25) is 0 Å². The second-order valence-corrected chi connectivity index (χ2v) is 5.56. The minimum Gasteiger partial charge on any atom is -0.349 e. The number of carbonyl (C=O) groups is 1. The molecule has 0 aliphatic carbocycles. The summed E-state index contributed by atoms with van der Waals surface area (Å²) in [7, 11) is 0. The number of hydrogen-bond donors (Lipinski definition) is 3. The average Bonchev–Trinajstić information content (AvgIpc) is 2.96. The van der Waals surface area contributed by atoms with Crippen LogP contribution in [0.5, 0.6) is 0 Å². The van der Waals surface area contributed by atoms with Gasteiger partial charge in [0.25, 0.3) is 0 Å². The molecule has 1 atom stereocenters. The van der Waals surface area contributed by atoms with Gasteiger partial charge in [0.05, 0.1) is 17.9 Å². The molecule has 0 spiro atoms. The summed E-state index contributed by atoms with van der Waals surface area (Å²) < 4.78 is 0. The molecule has 6 heteroatoms. The molecule has 1 amide bonds. The van der Waals surface area contributed by atoms with Crippen molar-refractivity contribution in [3.05, 3.63) is 29.6 Å². The van der Waals surface area contributed by atoms with Crippen molar-refractivity contribution in [2.24, 2.45) is 0 Å². The molecule has 1 aliphatic heterocycles. The Morgan fingerprint density at radius 3 is 2.79 bits per heavy atom. The van der Waals surface area contributed by atoms with Gasteiger partial charge in [-0.25, -0.2) is 0 Å². The van der Waals surface area contributed by atoms with Crippen LogP contribution in [0.1, 0.15) is 32.2 Å². The molecule has 1 aromatic rings. The molecular weight excluding hydrogens is 264 g/mol. The number of rotatable bonds is 3. The number of aromatic nitrogens is 2. The Morgan fingerprint density at radius 2 is 2.26 bits per heavy atom. The van der Waals surface area contributed by atoms with Gasteiger partial charge in [-0.3, -0.25) is 15.2 Å². The van der Waals surface area contributed by atoms with E-state index in [1.807, 2.05) is 18.2 Å². The van der Waals surface area contributed by atoms with Gasteiger partial charge in [-0.05, 0) is 6.07 Å². The summed E-state index contributed by atoms with van der Waals surface area (Å²) >= 11 is 0. The fourth-order valence-corrected chi connectivity index (χ4v) is 1.78. The maximum absolute atomic E-state index is 11.8. The molecule has 0 saturated carbocycles. The first-order valence-electron chi connectivity index (χ1n) is 6.19. The Balaban J connectivity index is 0.00000180. The number of aromatic amines is 1. The first-order valence-corrected chi connectivity index (χ1v) is 6.19. The second kappa shape index (κ2) is 6.21. The molecule has 106 valence electrons. The fraction of sp³-hybridized carbons (Fsp3) is 0.538. The largest absolute Gasteiger partial charge is 0.349 e. The highest BCUT2D eigenvalue weighted by molar-refractivity contribution is 5.85. The van der Waals surface area contributed by atoms with E-state index in [0.29, 0.717) is 6.54 Å². The van der Waals surface area contributed by atoms with Gasteiger partial charge >= 0.3 is 0 Å². The van der Waals surface area contributed by atoms with Gasteiger partial charge < -0.3 is 5.32 Å². The second-order valence-electron chi connectivity index (χ2n) is 5.56. The predicted octanol–water partition coefficient (Wildman–Crippen LogP) is 1.27. The van der Waals surface area contributed by atoms with E-state index in [9.17, 15) is 4.79 Å². The maximum atomic E-state index is 11.8. The van der Waals surface area contributed by atoms with Crippen LogP contribution < -0.4 is 10.6 Å². The zero-order valence-electron chi connectivity index (χ0n) is 11.5. The van der Waals surface area contributed by atoms with Crippen LogP contribution in [0, 0.1) is 0 Å². The molecule has 1 aromatic heterocycles. The molecular formula is C13H21ClN4O. The van der Waals surface area contributed by atoms with E-state index in [2.05, 4.69) is 41.6 Å². The van der Waals surface area contributed by atoms with Gasteiger partial charge in [-0.2, -0.15) is 5.10 Å². The maximum Gasteiger partial charge on any atom is 0.241 e. The Labute approximate surface area is 119 Å². The Bertz CT molecular complexity index is 461. The summed E-state index contributed by atoms with van der Waals surface area (Å²) in [5, 5.41) is 13.2. The van der Waals surface area contributed by atoms with E-state index in [-0.39, 0.29) is 29.8 Å².